The number of amides is 4. The maximum Gasteiger partial charge on any atom is 0.257 e. The lowest BCUT2D eigenvalue weighted by atomic mass is 10.0. The van der Waals surface area contributed by atoms with Crippen LogP contribution in [-0.4, -0.2) is 153 Å². The van der Waals surface area contributed by atoms with Crippen LogP contribution in [0.4, 0.5) is 15.8 Å². The van der Waals surface area contributed by atoms with E-state index in [9.17, 15) is 33.2 Å². The zero-order valence-electron chi connectivity index (χ0n) is 38.1. The fraction of sp³-hybridized carbons (Fsp3) is 0.500. The first kappa shape index (κ1) is 49.3. The number of unbranched alkanes of at least 4 members (excludes halogenated alkanes) is 3. The Morgan fingerprint density at radius 1 is 0.859 bits per heavy atom. The summed E-state index contributed by atoms with van der Waals surface area (Å²) in [6, 6.07) is 8.71. The summed E-state index contributed by atoms with van der Waals surface area (Å²) in [5.41, 5.74) is 5.13. The van der Waals surface area contributed by atoms with E-state index in [0.29, 0.717) is 84.8 Å². The second-order valence-electron chi connectivity index (χ2n) is 17.1. The summed E-state index contributed by atoms with van der Waals surface area (Å²) in [5, 5.41) is 12.2. The molecule has 0 bridgehead atoms. The number of nitrogens with one attached hydrogen (secondary N) is 5. The van der Waals surface area contributed by atoms with E-state index >= 15 is 0 Å². The number of H-pyrrole nitrogens is 1. The number of carbonyl (C=O) groups is 6. The van der Waals surface area contributed by atoms with Crippen molar-refractivity contribution in [3.05, 3.63) is 81.4 Å². The van der Waals surface area contributed by atoms with Crippen LogP contribution < -0.4 is 21.3 Å². The number of aromatic nitrogens is 1. The molecule has 1 aromatic heterocycles. The van der Waals surface area contributed by atoms with Crippen molar-refractivity contribution in [1.82, 2.24) is 35.2 Å². The van der Waals surface area contributed by atoms with Crippen molar-refractivity contribution < 1.29 is 33.2 Å². The highest BCUT2D eigenvalue weighted by atomic mass is 19.1. The molecule has 5 rings (SSSR count). The molecule has 15 nitrogen and oxygen atoms in total. The Morgan fingerprint density at radius 3 is 2.23 bits per heavy atom. The van der Waals surface area contributed by atoms with Gasteiger partial charge in [-0.15, -0.1) is 0 Å². The quantitative estimate of drug-likeness (QED) is 0.0443. The van der Waals surface area contributed by atoms with Crippen LogP contribution >= 0.6 is 0 Å². The summed E-state index contributed by atoms with van der Waals surface area (Å²) in [5.74, 6) is -1.22. The lowest BCUT2D eigenvalue weighted by molar-refractivity contribution is -0.121. The third kappa shape index (κ3) is 13.6. The standard InChI is InChI=1S/C48H66FN9O6/c1-33-42(30-39-38-29-36(49)16-17-40(38)54-46(39)62)53-34(2)44(33)47(63)52-21-12-23-58-27-25-57(26-28-58)22-11-15-43(61)51-20-9-7-6-8-19-50-41-14-10-13-35(31-59)45(41)48(64)56(5)37(32-60)18-24-55(3)4/h10,13-14,16-17,29-32,37,50,53H,6-9,11-12,15,18-28H2,1-5H3,(H,51,61)(H,52,63)(H,54,62)/b39-30-. The highest BCUT2D eigenvalue weighted by Crippen LogP contribution is 2.34. The van der Waals surface area contributed by atoms with Gasteiger partial charge in [-0.05, 0) is 116 Å². The molecule has 3 aromatic rings. The van der Waals surface area contributed by atoms with Crippen molar-refractivity contribution in [2.75, 3.05) is 97.2 Å². The second-order valence-corrected chi connectivity index (χ2v) is 17.1. The molecule has 0 aliphatic carbocycles. The van der Waals surface area contributed by atoms with Gasteiger partial charge < -0.3 is 50.6 Å². The SMILES string of the molecule is Cc1[nH]c(/C=C2\C(=O)Nc3ccc(F)cc32)c(C)c1C(=O)NCCCN1CCN(CCCC(=O)NCCCCCCNc2cccc(C=O)c2C(=O)N(C)C(C=O)CCN(C)C)CC1. The number of nitrogens with zero attached hydrogens (tertiary/aromatic N) is 4. The number of benzene rings is 2. The van der Waals surface area contributed by atoms with Gasteiger partial charge >= 0.3 is 0 Å². The molecule has 346 valence electrons. The molecule has 0 radical (unpaired) electrons. The molecule has 2 aromatic carbocycles. The van der Waals surface area contributed by atoms with Gasteiger partial charge in [0, 0.05) is 93.2 Å². The minimum absolute atomic E-state index is 0.0695. The van der Waals surface area contributed by atoms with Crippen molar-refractivity contribution in [3.8, 4) is 0 Å². The van der Waals surface area contributed by atoms with Crippen LogP contribution in [0, 0.1) is 19.7 Å². The number of aromatic amines is 1. The molecule has 2 aliphatic rings. The molecule has 4 amide bonds. The predicted octanol–water partition coefficient (Wildman–Crippen LogP) is 4.97. The fourth-order valence-electron chi connectivity index (χ4n) is 8.27. The van der Waals surface area contributed by atoms with Gasteiger partial charge in [0.2, 0.25) is 5.91 Å². The van der Waals surface area contributed by atoms with Gasteiger partial charge in [0.25, 0.3) is 17.7 Å². The number of likely N-dealkylation sites (N-methyl/N-ethyl adjacent to an activating group) is 1. The molecule has 64 heavy (non-hydrogen) atoms. The predicted molar refractivity (Wildman–Crippen MR) is 249 cm³/mol. The van der Waals surface area contributed by atoms with Crippen molar-refractivity contribution >= 4 is 59.2 Å². The number of aldehydes is 2. The highest BCUT2D eigenvalue weighted by molar-refractivity contribution is 6.35. The molecule has 16 heteroatoms. The molecule has 1 fully saturated rings. The minimum Gasteiger partial charge on any atom is -0.384 e. The van der Waals surface area contributed by atoms with Gasteiger partial charge in [-0.1, -0.05) is 25.0 Å². The first-order chi connectivity index (χ1) is 30.8. The largest absolute Gasteiger partial charge is 0.384 e. The molecule has 2 aliphatic heterocycles. The lowest BCUT2D eigenvalue weighted by Crippen LogP contribution is -2.47. The van der Waals surface area contributed by atoms with Gasteiger partial charge in [0.1, 0.15) is 12.1 Å². The van der Waals surface area contributed by atoms with Crippen LogP contribution in [0.3, 0.4) is 0 Å². The van der Waals surface area contributed by atoms with Crippen molar-refractivity contribution in [1.29, 1.82) is 0 Å². The van der Waals surface area contributed by atoms with Crippen LogP contribution in [0.5, 0.6) is 0 Å². The number of hydrogen-bond donors (Lipinski definition) is 5. The minimum atomic E-state index is -0.600. The molecule has 1 unspecified atom stereocenters. The summed E-state index contributed by atoms with van der Waals surface area (Å²) in [4.78, 5) is 86.8. The number of fused-ring (bicyclic) bond motifs is 1. The van der Waals surface area contributed by atoms with Crippen molar-refractivity contribution in [3.63, 3.8) is 0 Å². The van der Waals surface area contributed by atoms with E-state index in [-0.39, 0.29) is 34.8 Å². The smallest absolute Gasteiger partial charge is 0.257 e. The van der Waals surface area contributed by atoms with E-state index in [0.717, 1.165) is 89.6 Å². The summed E-state index contributed by atoms with van der Waals surface area (Å²) in [7, 11) is 5.41. The lowest BCUT2D eigenvalue weighted by Gasteiger charge is -2.34. The van der Waals surface area contributed by atoms with Crippen LogP contribution in [0.1, 0.15) is 105 Å². The van der Waals surface area contributed by atoms with Gasteiger partial charge in [-0.2, -0.15) is 0 Å². The third-order valence-electron chi connectivity index (χ3n) is 12.1. The number of piperazine rings is 1. The summed E-state index contributed by atoms with van der Waals surface area (Å²) < 4.78 is 13.9. The molecule has 5 N–H and O–H groups in total. The Kier molecular flexibility index (Phi) is 18.8. The molecule has 1 saturated heterocycles. The number of carbonyl (C=O) groups excluding carboxylic acids is 6. The van der Waals surface area contributed by atoms with Gasteiger partial charge in [0.05, 0.1) is 22.7 Å². The maximum atomic E-state index is 13.9. The monoisotopic (exact) mass is 884 g/mol. The Morgan fingerprint density at radius 2 is 1.55 bits per heavy atom. The normalized spacial score (nSPS) is 15.2. The zero-order valence-corrected chi connectivity index (χ0v) is 38.1. The first-order valence-electron chi connectivity index (χ1n) is 22.5. The Balaban J connectivity index is 0.902. The number of hydrogen-bond acceptors (Lipinski definition) is 10. The Labute approximate surface area is 376 Å². The van der Waals surface area contributed by atoms with E-state index in [1.54, 1.807) is 37.4 Å². The van der Waals surface area contributed by atoms with Gasteiger partial charge in [0.15, 0.2) is 6.29 Å². The van der Waals surface area contributed by atoms with E-state index in [1.807, 2.05) is 32.8 Å². The summed E-state index contributed by atoms with van der Waals surface area (Å²) in [6.07, 6.45) is 9.33. The van der Waals surface area contributed by atoms with E-state index < -0.39 is 11.9 Å². The van der Waals surface area contributed by atoms with Crippen LogP contribution in [-0.2, 0) is 14.4 Å². The first-order valence-corrected chi connectivity index (χ1v) is 22.5. The third-order valence-corrected chi connectivity index (χ3v) is 12.1. The van der Waals surface area contributed by atoms with Crippen molar-refractivity contribution in [2.24, 2.45) is 0 Å². The second kappa shape index (κ2) is 24.4. The van der Waals surface area contributed by atoms with E-state index in [2.05, 4.69) is 36.1 Å². The number of aryl methyl sites for hydroxylation is 1. The van der Waals surface area contributed by atoms with Crippen LogP contribution in [0.2, 0.25) is 0 Å². The van der Waals surface area contributed by atoms with Gasteiger partial charge in [-0.3, -0.25) is 24.0 Å². The average molecular weight is 884 g/mol. The topological polar surface area (TPSA) is 179 Å². The molecule has 3 heterocycles. The maximum absolute atomic E-state index is 13.9. The molecular formula is C48H66FN9O6. The van der Waals surface area contributed by atoms with Gasteiger partial charge in [-0.25, -0.2) is 4.39 Å². The number of halogens is 1. The summed E-state index contributed by atoms with van der Waals surface area (Å²) >= 11 is 0. The fourth-order valence-corrected chi connectivity index (χ4v) is 8.27. The Bertz CT molecular complexity index is 2140. The van der Waals surface area contributed by atoms with E-state index in [4.69, 9.17) is 0 Å². The average Bonchev–Trinajstić information content (AvgIpc) is 3.74. The molecular weight excluding hydrogens is 818 g/mol. The molecule has 1 atom stereocenters. The molecule has 0 spiro atoms. The highest BCUT2D eigenvalue weighted by Gasteiger charge is 2.27. The Hall–Kier alpha value is -5.71. The number of rotatable bonds is 25. The van der Waals surface area contributed by atoms with Crippen LogP contribution in [0.15, 0.2) is 36.4 Å². The number of anilines is 2. The zero-order chi connectivity index (χ0) is 46.2. The van der Waals surface area contributed by atoms with E-state index in [1.165, 1.54) is 17.0 Å². The summed E-state index contributed by atoms with van der Waals surface area (Å²) in [6.45, 7) is 11.6. The van der Waals surface area contributed by atoms with Crippen molar-refractivity contribution in [2.45, 2.75) is 71.3 Å². The van der Waals surface area contributed by atoms with Crippen LogP contribution in [0.25, 0.3) is 11.6 Å². The molecule has 0 saturated carbocycles.